The first-order valence-electron chi connectivity index (χ1n) is 8.67. The molecular formula is C17H21N3O5S2. The molecule has 0 saturated heterocycles. The largest absolute Gasteiger partial charge is 0.452 e. The Balaban J connectivity index is 1.63. The van der Waals surface area contributed by atoms with Crippen LogP contribution in [0.25, 0.3) is 0 Å². The summed E-state index contributed by atoms with van der Waals surface area (Å²) >= 11 is 1.20. The van der Waals surface area contributed by atoms with E-state index in [0.29, 0.717) is 17.3 Å². The average Bonchev–Trinajstić information content (AvgIpc) is 2.94. The molecule has 0 spiro atoms. The number of hydrogen-bond donors (Lipinski definition) is 1. The maximum absolute atomic E-state index is 12.2. The maximum atomic E-state index is 12.2. The highest BCUT2D eigenvalue weighted by atomic mass is 32.2. The number of thioether (sulfide) groups is 1. The van der Waals surface area contributed by atoms with Gasteiger partial charge in [0.15, 0.2) is 11.8 Å². The van der Waals surface area contributed by atoms with Gasteiger partial charge in [-0.05, 0) is 43.3 Å². The minimum absolute atomic E-state index is 0.0343. The van der Waals surface area contributed by atoms with E-state index in [-0.39, 0.29) is 24.3 Å². The van der Waals surface area contributed by atoms with Crippen molar-refractivity contribution in [3.8, 4) is 0 Å². The van der Waals surface area contributed by atoms with E-state index >= 15 is 0 Å². The highest BCUT2D eigenvalue weighted by Crippen LogP contribution is 2.42. The molecule has 1 atom stereocenters. The fourth-order valence-electron chi connectivity index (χ4n) is 2.89. The Bertz CT molecular complexity index is 898. The van der Waals surface area contributed by atoms with Gasteiger partial charge < -0.3 is 15.0 Å². The Morgan fingerprint density at radius 1 is 1.41 bits per heavy atom. The topological polar surface area (TPSA) is 105 Å². The summed E-state index contributed by atoms with van der Waals surface area (Å²) in [5, 5.41) is 3.17. The number of nitrogens with zero attached hydrogens (tertiary/aromatic N) is 2. The molecule has 2 aliphatic heterocycles. The minimum atomic E-state index is -3.42. The third kappa shape index (κ3) is 4.62. The first kappa shape index (κ1) is 19.7. The third-order valence-electron chi connectivity index (χ3n) is 4.17. The Kier molecular flexibility index (Phi) is 5.75. The summed E-state index contributed by atoms with van der Waals surface area (Å²) in [6.45, 7) is 3.93. The summed E-state index contributed by atoms with van der Waals surface area (Å²) in [5.41, 5.74) is 1.12. The number of carbonyl (C=O) groups is 2. The van der Waals surface area contributed by atoms with E-state index in [1.807, 2.05) is 18.7 Å². The molecule has 1 N–H and O–H groups in total. The molecule has 0 fully saturated rings. The van der Waals surface area contributed by atoms with Crippen LogP contribution in [0.15, 0.2) is 27.5 Å². The molecule has 146 valence electrons. The van der Waals surface area contributed by atoms with Crippen molar-refractivity contribution in [3.05, 3.63) is 23.8 Å². The molecule has 0 aliphatic carbocycles. The zero-order valence-corrected chi connectivity index (χ0v) is 16.7. The molecule has 3 rings (SSSR count). The molecule has 10 heteroatoms. The zero-order valence-electron chi connectivity index (χ0n) is 15.1. The molecule has 0 aromatic heterocycles. The number of sulfonamides is 1. The van der Waals surface area contributed by atoms with Gasteiger partial charge in [-0.3, -0.25) is 4.79 Å². The molecule has 1 aromatic carbocycles. The number of hydrogen-bond acceptors (Lipinski definition) is 7. The third-order valence-corrected chi connectivity index (χ3v) is 6.48. The number of esters is 1. The second kappa shape index (κ2) is 7.89. The molecule has 2 aliphatic rings. The molecule has 1 unspecified atom stereocenters. The van der Waals surface area contributed by atoms with Crippen molar-refractivity contribution in [1.82, 2.24) is 5.32 Å². The van der Waals surface area contributed by atoms with Crippen LogP contribution in [-0.4, -0.2) is 50.4 Å². The van der Waals surface area contributed by atoms with Crippen molar-refractivity contribution in [2.45, 2.75) is 37.6 Å². The average molecular weight is 412 g/mol. The van der Waals surface area contributed by atoms with Crippen molar-refractivity contribution < 1.29 is 22.7 Å². The van der Waals surface area contributed by atoms with Gasteiger partial charge in [0.2, 0.25) is 0 Å². The number of amides is 1. The fourth-order valence-corrected chi connectivity index (χ4v) is 5.19. The molecule has 0 radical (unpaired) electrons. The number of anilines is 1. The fraction of sp³-hybridized carbons (Fsp3) is 0.471. The number of benzene rings is 1. The van der Waals surface area contributed by atoms with Gasteiger partial charge in [-0.1, -0.05) is 13.3 Å². The number of carbonyl (C=O) groups excluding carboxylic acids is 2. The predicted molar refractivity (Wildman–Crippen MR) is 104 cm³/mol. The van der Waals surface area contributed by atoms with Gasteiger partial charge in [0.05, 0.1) is 17.0 Å². The molecule has 27 heavy (non-hydrogen) atoms. The molecule has 2 heterocycles. The van der Waals surface area contributed by atoms with Gasteiger partial charge in [-0.2, -0.15) is 0 Å². The SMILES string of the molecule is CCCC(C)NC(=O)COC(=O)c1ccc2c(c1)SC1=NS(=O)(=O)CCN12. The lowest BCUT2D eigenvalue weighted by Crippen LogP contribution is -2.35. The standard InChI is InChI=1S/C17H21N3O5S2/c1-3-4-11(2)18-15(21)10-25-16(22)12-5-6-13-14(9-12)26-17-19-27(23,24)8-7-20(13)17/h5-6,9,11H,3-4,7-8,10H2,1-2H3,(H,18,21). The summed E-state index contributed by atoms with van der Waals surface area (Å²) in [5.74, 6) is -0.973. The minimum Gasteiger partial charge on any atom is -0.452 e. The molecule has 0 saturated carbocycles. The summed E-state index contributed by atoms with van der Waals surface area (Å²) in [6.07, 6.45) is 1.81. The van der Waals surface area contributed by atoms with Crippen LogP contribution in [-0.2, 0) is 19.6 Å². The van der Waals surface area contributed by atoms with Crippen LogP contribution in [0.4, 0.5) is 5.69 Å². The Labute approximate surface area is 162 Å². The van der Waals surface area contributed by atoms with Crippen molar-refractivity contribution in [1.29, 1.82) is 0 Å². The predicted octanol–water partition coefficient (Wildman–Crippen LogP) is 1.76. The van der Waals surface area contributed by atoms with Crippen LogP contribution in [0, 0.1) is 0 Å². The van der Waals surface area contributed by atoms with Crippen LogP contribution in [0.1, 0.15) is 37.0 Å². The number of nitrogens with one attached hydrogen (secondary N) is 1. The summed E-state index contributed by atoms with van der Waals surface area (Å²) in [7, 11) is -3.42. The lowest BCUT2D eigenvalue weighted by molar-refractivity contribution is -0.124. The first-order chi connectivity index (χ1) is 12.8. The molecular weight excluding hydrogens is 390 g/mol. The highest BCUT2D eigenvalue weighted by molar-refractivity contribution is 8.15. The summed E-state index contributed by atoms with van der Waals surface area (Å²) in [6, 6.07) is 5.01. The molecule has 8 nitrogen and oxygen atoms in total. The Morgan fingerprint density at radius 3 is 2.93 bits per heavy atom. The zero-order chi connectivity index (χ0) is 19.6. The van der Waals surface area contributed by atoms with E-state index in [4.69, 9.17) is 4.74 Å². The number of fused-ring (bicyclic) bond motifs is 3. The van der Waals surface area contributed by atoms with E-state index < -0.39 is 16.0 Å². The highest BCUT2D eigenvalue weighted by Gasteiger charge is 2.33. The van der Waals surface area contributed by atoms with Gasteiger partial charge in [-0.15, -0.1) is 4.40 Å². The van der Waals surface area contributed by atoms with E-state index in [1.165, 1.54) is 11.8 Å². The summed E-state index contributed by atoms with van der Waals surface area (Å²) in [4.78, 5) is 26.6. The summed E-state index contributed by atoms with van der Waals surface area (Å²) < 4.78 is 32.1. The quantitative estimate of drug-likeness (QED) is 0.711. The van der Waals surface area contributed by atoms with Gasteiger partial charge in [0.25, 0.3) is 15.9 Å². The first-order valence-corrected chi connectivity index (χ1v) is 11.1. The molecule has 1 aromatic rings. The van der Waals surface area contributed by atoms with Crippen LogP contribution in [0.2, 0.25) is 0 Å². The number of amidine groups is 1. The van der Waals surface area contributed by atoms with Crippen molar-refractivity contribution >= 4 is 44.5 Å². The van der Waals surface area contributed by atoms with Gasteiger partial charge in [-0.25, -0.2) is 13.2 Å². The van der Waals surface area contributed by atoms with Crippen molar-refractivity contribution in [3.63, 3.8) is 0 Å². The van der Waals surface area contributed by atoms with Gasteiger partial charge in [0, 0.05) is 17.5 Å². The lowest BCUT2D eigenvalue weighted by atomic mass is 10.2. The normalized spacial score (nSPS) is 18.1. The smallest absolute Gasteiger partial charge is 0.338 e. The van der Waals surface area contributed by atoms with Gasteiger partial charge in [0.1, 0.15) is 0 Å². The van der Waals surface area contributed by atoms with E-state index in [1.54, 1.807) is 18.2 Å². The van der Waals surface area contributed by atoms with Gasteiger partial charge >= 0.3 is 5.97 Å². The second-order valence-corrected chi connectivity index (χ2v) is 9.19. The van der Waals surface area contributed by atoms with Crippen molar-refractivity contribution in [2.75, 3.05) is 23.8 Å². The monoisotopic (exact) mass is 411 g/mol. The van der Waals surface area contributed by atoms with Crippen LogP contribution >= 0.6 is 11.8 Å². The van der Waals surface area contributed by atoms with E-state index in [0.717, 1.165) is 23.4 Å². The van der Waals surface area contributed by atoms with E-state index in [2.05, 4.69) is 9.71 Å². The molecule has 1 amide bonds. The molecule has 0 bridgehead atoms. The Hall–Kier alpha value is -2.07. The Morgan fingerprint density at radius 2 is 2.19 bits per heavy atom. The second-order valence-electron chi connectivity index (χ2n) is 6.43. The van der Waals surface area contributed by atoms with Crippen molar-refractivity contribution in [2.24, 2.45) is 4.40 Å². The van der Waals surface area contributed by atoms with Crippen LogP contribution in [0.3, 0.4) is 0 Å². The number of rotatable bonds is 6. The van der Waals surface area contributed by atoms with Crippen LogP contribution < -0.4 is 10.2 Å². The lowest BCUT2D eigenvalue weighted by Gasteiger charge is -2.22. The number of ether oxygens (including phenoxy) is 1. The maximum Gasteiger partial charge on any atom is 0.338 e. The van der Waals surface area contributed by atoms with E-state index in [9.17, 15) is 18.0 Å². The van der Waals surface area contributed by atoms with Crippen LogP contribution in [0.5, 0.6) is 0 Å².